The van der Waals surface area contributed by atoms with Gasteiger partial charge in [-0.25, -0.2) is 0 Å². The van der Waals surface area contributed by atoms with Gasteiger partial charge in [-0.15, -0.1) is 0 Å². The number of nitrogens with zero attached hydrogens (tertiary/aromatic N) is 1. The molecule has 1 aliphatic carbocycles. The smallest absolute Gasteiger partial charge is 0.325 e. The third-order valence-corrected chi connectivity index (χ3v) is 4.76. The fourth-order valence-electron chi connectivity index (χ4n) is 2.97. The average Bonchev–Trinajstić information content (AvgIpc) is 3.44. The molecule has 2 aliphatic rings. The first-order valence-corrected chi connectivity index (χ1v) is 8.97. The number of hydrogen-bond donors (Lipinski definition) is 1. The van der Waals surface area contributed by atoms with Crippen LogP contribution >= 0.6 is 0 Å². The highest BCUT2D eigenvalue weighted by atomic mass is 16.5. The van der Waals surface area contributed by atoms with Crippen LogP contribution in [0.1, 0.15) is 19.3 Å². The zero-order valence-corrected chi connectivity index (χ0v) is 15.5. The molecule has 2 fully saturated rings. The van der Waals surface area contributed by atoms with Gasteiger partial charge in [0.25, 0.3) is 0 Å². The summed E-state index contributed by atoms with van der Waals surface area (Å²) < 4.78 is 15.6. The Kier molecular flexibility index (Phi) is 5.83. The highest BCUT2D eigenvalue weighted by Gasteiger charge is 2.36. The number of hydrogen-bond acceptors (Lipinski definition) is 6. The van der Waals surface area contributed by atoms with E-state index in [0.717, 1.165) is 12.8 Å². The molecule has 0 bridgehead atoms. The second-order valence-corrected chi connectivity index (χ2v) is 6.79. The molecule has 1 heterocycles. The molecule has 8 nitrogen and oxygen atoms in total. The predicted molar refractivity (Wildman–Crippen MR) is 96.7 cm³/mol. The van der Waals surface area contributed by atoms with E-state index < -0.39 is 11.9 Å². The van der Waals surface area contributed by atoms with Crippen LogP contribution in [0.5, 0.6) is 11.5 Å². The van der Waals surface area contributed by atoms with Crippen molar-refractivity contribution in [3.05, 3.63) is 18.2 Å². The van der Waals surface area contributed by atoms with E-state index in [1.165, 1.54) is 19.1 Å². The van der Waals surface area contributed by atoms with Crippen LogP contribution in [0.3, 0.4) is 0 Å². The van der Waals surface area contributed by atoms with Crippen molar-refractivity contribution in [2.24, 2.45) is 11.8 Å². The van der Waals surface area contributed by atoms with Gasteiger partial charge in [-0.3, -0.25) is 14.4 Å². The number of amides is 2. The minimum Gasteiger partial charge on any atom is -0.497 e. The van der Waals surface area contributed by atoms with E-state index in [1.807, 2.05) is 0 Å². The maximum atomic E-state index is 12.4. The largest absolute Gasteiger partial charge is 0.497 e. The Morgan fingerprint density at radius 2 is 2.00 bits per heavy atom. The average molecular weight is 376 g/mol. The Morgan fingerprint density at radius 1 is 1.22 bits per heavy atom. The Labute approximate surface area is 157 Å². The van der Waals surface area contributed by atoms with Gasteiger partial charge in [0, 0.05) is 19.0 Å². The van der Waals surface area contributed by atoms with Crippen LogP contribution < -0.4 is 19.7 Å². The molecule has 1 saturated carbocycles. The van der Waals surface area contributed by atoms with Crippen LogP contribution in [0.2, 0.25) is 0 Å². The summed E-state index contributed by atoms with van der Waals surface area (Å²) in [6.45, 7) is 0.448. The first-order valence-electron chi connectivity index (χ1n) is 8.97. The van der Waals surface area contributed by atoms with Crippen LogP contribution in [0.25, 0.3) is 0 Å². The van der Waals surface area contributed by atoms with E-state index >= 15 is 0 Å². The van der Waals surface area contributed by atoms with Gasteiger partial charge in [0.1, 0.15) is 18.0 Å². The summed E-state index contributed by atoms with van der Waals surface area (Å²) in [6, 6.07) is 5.15. The molecule has 0 aromatic heterocycles. The van der Waals surface area contributed by atoms with Crippen LogP contribution in [0.4, 0.5) is 5.69 Å². The Bertz CT molecular complexity index is 731. The molecule has 146 valence electrons. The third kappa shape index (κ3) is 4.69. The molecule has 1 N–H and O–H groups in total. The van der Waals surface area contributed by atoms with Gasteiger partial charge in [-0.2, -0.15) is 0 Å². The number of rotatable bonds is 8. The van der Waals surface area contributed by atoms with Crippen molar-refractivity contribution in [2.75, 3.05) is 38.8 Å². The van der Waals surface area contributed by atoms with Gasteiger partial charge in [-0.05, 0) is 30.9 Å². The molecule has 1 unspecified atom stereocenters. The molecule has 2 amide bonds. The highest BCUT2D eigenvalue weighted by molar-refractivity contribution is 6.01. The number of esters is 1. The van der Waals surface area contributed by atoms with Gasteiger partial charge in [0.15, 0.2) is 0 Å². The van der Waals surface area contributed by atoms with Crippen molar-refractivity contribution in [1.29, 1.82) is 0 Å². The maximum Gasteiger partial charge on any atom is 0.325 e. The summed E-state index contributed by atoms with van der Waals surface area (Å²) in [4.78, 5) is 37.9. The van der Waals surface area contributed by atoms with Crippen LogP contribution in [-0.4, -0.2) is 51.7 Å². The fraction of sp³-hybridized carbons (Fsp3) is 0.526. The number of methoxy groups -OCH3 is 2. The number of benzene rings is 1. The zero-order valence-electron chi connectivity index (χ0n) is 15.5. The van der Waals surface area contributed by atoms with E-state index in [9.17, 15) is 14.4 Å². The van der Waals surface area contributed by atoms with E-state index in [4.69, 9.17) is 14.2 Å². The lowest BCUT2D eigenvalue weighted by molar-refractivity contribution is -0.144. The number of ether oxygens (including phenoxy) is 3. The second-order valence-electron chi connectivity index (χ2n) is 6.79. The highest BCUT2D eigenvalue weighted by Crippen LogP contribution is 2.36. The molecule has 1 atom stereocenters. The normalized spacial score (nSPS) is 19.0. The van der Waals surface area contributed by atoms with Crippen molar-refractivity contribution in [2.45, 2.75) is 19.3 Å². The fourth-order valence-corrected chi connectivity index (χ4v) is 2.97. The molecular weight excluding hydrogens is 352 g/mol. The van der Waals surface area contributed by atoms with Gasteiger partial charge >= 0.3 is 5.97 Å². The van der Waals surface area contributed by atoms with Gasteiger partial charge in [0.2, 0.25) is 11.8 Å². The van der Waals surface area contributed by atoms with Gasteiger partial charge in [-0.1, -0.05) is 0 Å². The van der Waals surface area contributed by atoms with E-state index in [1.54, 1.807) is 18.2 Å². The topological polar surface area (TPSA) is 94.2 Å². The summed E-state index contributed by atoms with van der Waals surface area (Å²) in [7, 11) is 3.05. The van der Waals surface area contributed by atoms with Gasteiger partial charge < -0.3 is 24.4 Å². The lowest BCUT2D eigenvalue weighted by Crippen LogP contribution is -2.36. The minimum absolute atomic E-state index is 0.0727. The Balaban J connectivity index is 1.57. The maximum absolute atomic E-state index is 12.4. The lowest BCUT2D eigenvalue weighted by Gasteiger charge is -2.20. The van der Waals surface area contributed by atoms with Gasteiger partial charge in [0.05, 0.1) is 32.4 Å². The Hall–Kier alpha value is -2.77. The van der Waals surface area contributed by atoms with Crippen molar-refractivity contribution in [3.63, 3.8) is 0 Å². The lowest BCUT2D eigenvalue weighted by atomic mass is 10.1. The summed E-state index contributed by atoms with van der Waals surface area (Å²) >= 11 is 0. The molecule has 8 heteroatoms. The van der Waals surface area contributed by atoms with E-state index in [0.29, 0.717) is 29.7 Å². The first kappa shape index (κ1) is 19.0. The van der Waals surface area contributed by atoms with Crippen LogP contribution in [-0.2, 0) is 19.1 Å². The van der Waals surface area contributed by atoms with Crippen molar-refractivity contribution in [3.8, 4) is 11.5 Å². The number of carbonyl (C=O) groups excluding carboxylic acids is 3. The van der Waals surface area contributed by atoms with E-state index in [2.05, 4.69) is 5.32 Å². The molecule has 1 saturated heterocycles. The molecule has 1 aromatic rings. The quantitative estimate of drug-likeness (QED) is 0.684. The monoisotopic (exact) mass is 376 g/mol. The minimum atomic E-state index is -0.537. The number of nitrogens with one attached hydrogen (secondary N) is 1. The zero-order chi connectivity index (χ0) is 19.4. The summed E-state index contributed by atoms with van der Waals surface area (Å²) in [5.74, 6) is 0.0758. The Morgan fingerprint density at radius 3 is 2.67 bits per heavy atom. The summed E-state index contributed by atoms with van der Waals surface area (Å²) in [6.07, 6.45) is 2.25. The number of anilines is 1. The molecule has 27 heavy (non-hydrogen) atoms. The van der Waals surface area contributed by atoms with E-state index in [-0.39, 0.29) is 31.3 Å². The first-order chi connectivity index (χ1) is 13.0. The van der Waals surface area contributed by atoms with Crippen molar-refractivity contribution in [1.82, 2.24) is 5.32 Å². The second kappa shape index (κ2) is 8.28. The molecule has 1 aliphatic heterocycles. The van der Waals surface area contributed by atoms with Crippen molar-refractivity contribution < 1.29 is 28.6 Å². The van der Waals surface area contributed by atoms with Crippen molar-refractivity contribution >= 4 is 23.5 Å². The molecular formula is C19H24N2O6. The molecule has 0 radical (unpaired) electrons. The molecule has 3 rings (SSSR count). The summed E-state index contributed by atoms with van der Waals surface area (Å²) in [5.41, 5.74) is 0.556. The third-order valence-electron chi connectivity index (χ3n) is 4.76. The molecule has 0 spiro atoms. The SMILES string of the molecule is COc1ccc(OC)c(N2CC(C(=O)NCC(=O)OCC3CC3)CC2=O)c1. The molecule has 1 aromatic carbocycles. The number of carbonyl (C=O) groups is 3. The standard InChI is InChI=1S/C19H24N2O6/c1-25-14-5-6-16(26-2)15(8-14)21-10-13(7-17(21)22)19(24)20-9-18(23)27-11-12-3-4-12/h5-6,8,12-13H,3-4,7,9-11H2,1-2H3,(H,20,24). The predicted octanol–water partition coefficient (Wildman–Crippen LogP) is 1.13. The summed E-state index contributed by atoms with van der Waals surface area (Å²) in [5, 5.41) is 2.56. The van der Waals surface area contributed by atoms with Crippen LogP contribution in [0.15, 0.2) is 18.2 Å². The van der Waals surface area contributed by atoms with Crippen LogP contribution in [0, 0.1) is 11.8 Å².